The zero-order valence-electron chi connectivity index (χ0n) is 9.01. The van der Waals surface area contributed by atoms with E-state index in [-0.39, 0.29) is 0 Å². The first-order valence-electron chi connectivity index (χ1n) is 5.68. The van der Waals surface area contributed by atoms with Crippen molar-refractivity contribution in [2.75, 3.05) is 18.1 Å². The highest BCUT2D eigenvalue weighted by Crippen LogP contribution is 2.20. The van der Waals surface area contributed by atoms with Crippen LogP contribution in [-0.4, -0.2) is 24.1 Å². The molecule has 1 atom stereocenters. The van der Waals surface area contributed by atoms with Gasteiger partial charge in [0, 0.05) is 6.04 Å². The van der Waals surface area contributed by atoms with Crippen LogP contribution in [0.4, 0.5) is 0 Å². The molecule has 0 aromatic rings. The molecule has 0 saturated heterocycles. The number of rotatable bonds is 8. The molecule has 0 amide bonds. The lowest BCUT2D eigenvalue weighted by Crippen LogP contribution is -2.24. The fraction of sp³-hybridized carbons (Fsp3) is 1.00. The smallest absolute Gasteiger partial charge is 0.00683 e. The highest BCUT2D eigenvalue weighted by atomic mass is 32.2. The maximum absolute atomic E-state index is 3.63. The Kier molecular flexibility index (Phi) is 5.88. The van der Waals surface area contributed by atoms with Crippen molar-refractivity contribution in [1.82, 2.24) is 5.32 Å². The molecule has 0 radical (unpaired) electrons. The van der Waals surface area contributed by atoms with Gasteiger partial charge in [-0.25, -0.2) is 0 Å². The lowest BCUT2D eigenvalue weighted by molar-refractivity contribution is 0.451. The molecular weight excluding hydrogens is 178 g/mol. The van der Waals surface area contributed by atoms with E-state index in [1.54, 1.807) is 0 Å². The third kappa shape index (κ3) is 5.58. The first-order valence-corrected chi connectivity index (χ1v) is 6.83. The summed E-state index contributed by atoms with van der Waals surface area (Å²) in [6.07, 6.45) is 5.57. The zero-order valence-corrected chi connectivity index (χ0v) is 9.83. The van der Waals surface area contributed by atoms with Gasteiger partial charge < -0.3 is 5.32 Å². The lowest BCUT2D eigenvalue weighted by atomic mass is 10.0. The van der Waals surface area contributed by atoms with Crippen molar-refractivity contribution in [3.63, 3.8) is 0 Å². The van der Waals surface area contributed by atoms with Gasteiger partial charge in [0.05, 0.1) is 0 Å². The van der Waals surface area contributed by atoms with Gasteiger partial charge in [0.25, 0.3) is 0 Å². The van der Waals surface area contributed by atoms with E-state index in [4.69, 9.17) is 0 Å². The molecule has 2 heteroatoms. The third-order valence-corrected chi connectivity index (χ3v) is 3.66. The summed E-state index contributed by atoms with van der Waals surface area (Å²) in [5.41, 5.74) is 0. The minimum Gasteiger partial charge on any atom is -0.314 e. The van der Waals surface area contributed by atoms with E-state index in [2.05, 4.69) is 30.9 Å². The summed E-state index contributed by atoms with van der Waals surface area (Å²) >= 11 is 2.07. The first-order chi connectivity index (χ1) is 6.36. The Labute approximate surface area is 87.1 Å². The number of hydrogen-bond acceptors (Lipinski definition) is 2. The van der Waals surface area contributed by atoms with Gasteiger partial charge in [-0.1, -0.05) is 20.3 Å². The molecular formula is C11H23NS. The second-order valence-electron chi connectivity index (χ2n) is 3.94. The number of hydrogen-bond donors (Lipinski definition) is 1. The van der Waals surface area contributed by atoms with Crippen LogP contribution in [0.15, 0.2) is 0 Å². The summed E-state index contributed by atoms with van der Waals surface area (Å²) in [7, 11) is 0. The molecule has 0 bridgehead atoms. The second kappa shape index (κ2) is 6.72. The second-order valence-corrected chi connectivity index (χ2v) is 5.34. The van der Waals surface area contributed by atoms with Crippen LogP contribution in [0.5, 0.6) is 0 Å². The van der Waals surface area contributed by atoms with Gasteiger partial charge in [-0.15, -0.1) is 0 Å². The van der Waals surface area contributed by atoms with Gasteiger partial charge in [-0.3, -0.25) is 0 Å². The molecule has 13 heavy (non-hydrogen) atoms. The molecule has 1 fully saturated rings. The molecule has 0 aromatic heterocycles. The van der Waals surface area contributed by atoms with E-state index in [9.17, 15) is 0 Å². The average molecular weight is 201 g/mol. The fourth-order valence-electron chi connectivity index (χ4n) is 1.47. The van der Waals surface area contributed by atoms with E-state index in [0.29, 0.717) is 0 Å². The standard InChI is InChI=1S/C11H23NS/c1-3-10(7-8-13-4-2)9-12-11-5-6-11/h10-12H,3-9H2,1-2H3. The maximum Gasteiger partial charge on any atom is 0.00683 e. The van der Waals surface area contributed by atoms with E-state index in [0.717, 1.165) is 12.0 Å². The first kappa shape index (κ1) is 11.4. The summed E-state index contributed by atoms with van der Waals surface area (Å²) in [5, 5.41) is 3.63. The SMILES string of the molecule is CCSCCC(CC)CNC1CC1. The summed E-state index contributed by atoms with van der Waals surface area (Å²) in [6.45, 7) is 5.81. The molecule has 78 valence electrons. The van der Waals surface area contributed by atoms with E-state index >= 15 is 0 Å². The largest absolute Gasteiger partial charge is 0.314 e. The van der Waals surface area contributed by atoms with Gasteiger partial charge >= 0.3 is 0 Å². The van der Waals surface area contributed by atoms with Crippen molar-refractivity contribution >= 4 is 11.8 Å². The molecule has 1 saturated carbocycles. The molecule has 1 nitrogen and oxygen atoms in total. The molecule has 1 aliphatic rings. The molecule has 1 N–H and O–H groups in total. The predicted molar refractivity (Wildman–Crippen MR) is 62.4 cm³/mol. The topological polar surface area (TPSA) is 12.0 Å². The van der Waals surface area contributed by atoms with Crippen LogP contribution in [0, 0.1) is 5.92 Å². The van der Waals surface area contributed by atoms with E-state index < -0.39 is 0 Å². The normalized spacial score (nSPS) is 18.9. The Bertz CT molecular complexity index is 123. The quantitative estimate of drug-likeness (QED) is 0.606. The molecule has 0 heterocycles. The highest BCUT2D eigenvalue weighted by molar-refractivity contribution is 7.99. The molecule has 1 unspecified atom stereocenters. The Balaban J connectivity index is 1.95. The Hall–Kier alpha value is 0.310. The van der Waals surface area contributed by atoms with Crippen LogP contribution in [0.3, 0.4) is 0 Å². The predicted octanol–water partition coefficient (Wildman–Crippen LogP) is 2.91. The molecule has 1 rings (SSSR count). The van der Waals surface area contributed by atoms with Crippen molar-refractivity contribution in [3.05, 3.63) is 0 Å². The Morgan fingerprint density at radius 3 is 2.69 bits per heavy atom. The van der Waals surface area contributed by atoms with Crippen LogP contribution >= 0.6 is 11.8 Å². The van der Waals surface area contributed by atoms with Crippen molar-refractivity contribution < 1.29 is 0 Å². The van der Waals surface area contributed by atoms with Crippen LogP contribution in [-0.2, 0) is 0 Å². The van der Waals surface area contributed by atoms with Gasteiger partial charge in [-0.2, -0.15) is 11.8 Å². The van der Waals surface area contributed by atoms with E-state index in [1.807, 2.05) is 0 Å². The number of nitrogens with one attached hydrogen (secondary N) is 1. The fourth-order valence-corrected chi connectivity index (χ4v) is 2.25. The Morgan fingerprint density at radius 2 is 2.15 bits per heavy atom. The van der Waals surface area contributed by atoms with Gasteiger partial charge in [0.15, 0.2) is 0 Å². The summed E-state index contributed by atoms with van der Waals surface area (Å²) < 4.78 is 0. The lowest BCUT2D eigenvalue weighted by Gasteiger charge is -2.14. The van der Waals surface area contributed by atoms with Crippen LogP contribution in [0.2, 0.25) is 0 Å². The van der Waals surface area contributed by atoms with Crippen LogP contribution < -0.4 is 5.32 Å². The van der Waals surface area contributed by atoms with Crippen LogP contribution in [0.25, 0.3) is 0 Å². The molecule has 0 aromatic carbocycles. The highest BCUT2D eigenvalue weighted by Gasteiger charge is 2.21. The molecule has 1 aliphatic carbocycles. The van der Waals surface area contributed by atoms with Crippen molar-refractivity contribution in [2.24, 2.45) is 5.92 Å². The summed E-state index contributed by atoms with van der Waals surface area (Å²) in [6, 6.07) is 0.882. The summed E-state index contributed by atoms with van der Waals surface area (Å²) in [5.74, 6) is 3.54. The monoisotopic (exact) mass is 201 g/mol. The van der Waals surface area contributed by atoms with Gasteiger partial charge in [0.2, 0.25) is 0 Å². The maximum atomic E-state index is 3.63. The minimum absolute atomic E-state index is 0.882. The van der Waals surface area contributed by atoms with Gasteiger partial charge in [0.1, 0.15) is 0 Å². The van der Waals surface area contributed by atoms with Crippen molar-refractivity contribution in [2.45, 2.75) is 45.6 Å². The van der Waals surface area contributed by atoms with E-state index in [1.165, 1.54) is 43.7 Å². The van der Waals surface area contributed by atoms with Crippen molar-refractivity contribution in [3.8, 4) is 0 Å². The molecule has 0 aliphatic heterocycles. The third-order valence-electron chi connectivity index (χ3n) is 2.72. The minimum atomic E-state index is 0.882. The number of thioether (sulfide) groups is 1. The zero-order chi connectivity index (χ0) is 9.52. The van der Waals surface area contributed by atoms with Gasteiger partial charge in [-0.05, 0) is 43.2 Å². The Morgan fingerprint density at radius 1 is 1.38 bits per heavy atom. The van der Waals surface area contributed by atoms with Crippen LogP contribution in [0.1, 0.15) is 39.5 Å². The summed E-state index contributed by atoms with van der Waals surface area (Å²) in [4.78, 5) is 0. The molecule has 0 spiro atoms. The average Bonchev–Trinajstić information content (AvgIpc) is 2.94. The van der Waals surface area contributed by atoms with Crippen molar-refractivity contribution in [1.29, 1.82) is 0 Å².